The van der Waals surface area contributed by atoms with Gasteiger partial charge in [0.15, 0.2) is 5.69 Å². The molecule has 8 nitrogen and oxygen atoms in total. The first-order valence-corrected chi connectivity index (χ1v) is 8.91. The highest BCUT2D eigenvalue weighted by molar-refractivity contribution is 6.03. The second-order valence-corrected chi connectivity index (χ2v) is 6.47. The molecule has 0 fully saturated rings. The summed E-state index contributed by atoms with van der Waals surface area (Å²) in [6, 6.07) is 11.2. The maximum atomic E-state index is 13.1. The van der Waals surface area contributed by atoms with Crippen LogP contribution in [0, 0.1) is 5.82 Å². The van der Waals surface area contributed by atoms with Crippen molar-refractivity contribution in [3.63, 3.8) is 0 Å². The monoisotopic (exact) mass is 398 g/mol. The predicted molar refractivity (Wildman–Crippen MR) is 101 cm³/mol. The van der Waals surface area contributed by atoms with Crippen LogP contribution in [-0.2, 0) is 17.9 Å². The molecule has 1 aliphatic heterocycles. The molecular formula is C20H19FN4O4. The summed E-state index contributed by atoms with van der Waals surface area (Å²) in [6.45, 7) is 0.549. The largest absolute Gasteiger partial charge is 0.497 e. The number of amides is 1. The van der Waals surface area contributed by atoms with Crippen molar-refractivity contribution in [1.29, 1.82) is 0 Å². The van der Waals surface area contributed by atoms with E-state index in [-0.39, 0.29) is 24.2 Å². The third-order valence-electron chi connectivity index (χ3n) is 4.66. The van der Waals surface area contributed by atoms with E-state index in [4.69, 9.17) is 14.2 Å². The minimum atomic E-state index is -0.412. The lowest BCUT2D eigenvalue weighted by Crippen LogP contribution is -2.24. The number of hydrogen-bond donors (Lipinski definition) is 1. The first kappa shape index (κ1) is 18.9. The van der Waals surface area contributed by atoms with Gasteiger partial charge >= 0.3 is 0 Å². The molecule has 1 atom stereocenters. The van der Waals surface area contributed by atoms with Crippen molar-refractivity contribution < 1.29 is 23.4 Å². The zero-order valence-electron chi connectivity index (χ0n) is 15.9. The Hall–Kier alpha value is -3.46. The average Bonchev–Trinajstić information content (AvgIpc) is 3.17. The van der Waals surface area contributed by atoms with Crippen molar-refractivity contribution in [3.8, 4) is 11.5 Å². The number of rotatable bonds is 5. The van der Waals surface area contributed by atoms with Gasteiger partial charge in [0.1, 0.15) is 23.4 Å². The number of nitrogens with zero attached hydrogens (tertiary/aromatic N) is 3. The summed E-state index contributed by atoms with van der Waals surface area (Å²) in [5.74, 6) is 0.384. The minimum Gasteiger partial charge on any atom is -0.497 e. The van der Waals surface area contributed by atoms with Gasteiger partial charge in [-0.3, -0.25) is 4.79 Å². The van der Waals surface area contributed by atoms with Gasteiger partial charge in [0.05, 0.1) is 33.1 Å². The Labute approximate surface area is 166 Å². The SMILES string of the molecule is COc1cc(NC(=O)c2nnn3c2CO[C@@H](c2ccc(F)cc2)C3)cc(OC)c1. The number of nitrogens with one attached hydrogen (secondary N) is 1. The molecule has 2 aromatic carbocycles. The number of benzene rings is 2. The number of anilines is 1. The van der Waals surface area contributed by atoms with Crippen LogP contribution in [-0.4, -0.2) is 35.1 Å². The Balaban J connectivity index is 1.52. The molecule has 0 unspecified atom stereocenters. The zero-order valence-corrected chi connectivity index (χ0v) is 15.9. The first-order chi connectivity index (χ1) is 14.1. The van der Waals surface area contributed by atoms with Crippen LogP contribution in [0.5, 0.6) is 11.5 Å². The van der Waals surface area contributed by atoms with Crippen molar-refractivity contribution in [1.82, 2.24) is 15.0 Å². The summed E-state index contributed by atoms with van der Waals surface area (Å²) < 4.78 is 31.1. The molecule has 0 bridgehead atoms. The molecule has 29 heavy (non-hydrogen) atoms. The van der Waals surface area contributed by atoms with E-state index in [1.165, 1.54) is 26.4 Å². The van der Waals surface area contributed by atoms with Crippen molar-refractivity contribution in [2.45, 2.75) is 19.3 Å². The molecule has 2 heterocycles. The van der Waals surface area contributed by atoms with Crippen LogP contribution >= 0.6 is 0 Å². The number of carbonyl (C=O) groups excluding carboxylic acids is 1. The van der Waals surface area contributed by atoms with Crippen molar-refractivity contribution in [2.75, 3.05) is 19.5 Å². The average molecular weight is 398 g/mol. The molecule has 150 valence electrons. The van der Waals surface area contributed by atoms with Crippen molar-refractivity contribution in [2.24, 2.45) is 0 Å². The number of methoxy groups -OCH3 is 2. The molecule has 0 radical (unpaired) electrons. The lowest BCUT2D eigenvalue weighted by atomic mass is 10.1. The van der Waals surface area contributed by atoms with E-state index in [0.29, 0.717) is 29.4 Å². The van der Waals surface area contributed by atoms with Gasteiger partial charge in [0.2, 0.25) is 0 Å². The van der Waals surface area contributed by atoms with Crippen LogP contribution in [0.4, 0.5) is 10.1 Å². The van der Waals surface area contributed by atoms with Gasteiger partial charge in [0.25, 0.3) is 5.91 Å². The smallest absolute Gasteiger partial charge is 0.278 e. The normalized spacial score (nSPS) is 15.5. The molecule has 3 aromatic rings. The van der Waals surface area contributed by atoms with Crippen LogP contribution in [0.1, 0.15) is 27.8 Å². The second kappa shape index (κ2) is 7.88. The van der Waals surface area contributed by atoms with Crippen LogP contribution in [0.15, 0.2) is 42.5 Å². The summed E-state index contributed by atoms with van der Waals surface area (Å²) in [7, 11) is 3.07. The molecule has 4 rings (SSSR count). The van der Waals surface area contributed by atoms with E-state index in [9.17, 15) is 9.18 Å². The number of ether oxygens (including phenoxy) is 3. The lowest BCUT2D eigenvalue weighted by Gasteiger charge is -2.24. The highest BCUT2D eigenvalue weighted by Crippen LogP contribution is 2.29. The maximum Gasteiger partial charge on any atom is 0.278 e. The molecule has 0 saturated carbocycles. The van der Waals surface area contributed by atoms with Gasteiger partial charge in [-0.1, -0.05) is 17.3 Å². The first-order valence-electron chi connectivity index (χ1n) is 8.91. The third-order valence-corrected chi connectivity index (χ3v) is 4.66. The number of hydrogen-bond acceptors (Lipinski definition) is 6. The van der Waals surface area contributed by atoms with Crippen LogP contribution in [0.25, 0.3) is 0 Å². The van der Waals surface area contributed by atoms with E-state index < -0.39 is 5.91 Å². The van der Waals surface area contributed by atoms with Gasteiger partial charge in [0, 0.05) is 23.9 Å². The topological polar surface area (TPSA) is 87.5 Å². The quantitative estimate of drug-likeness (QED) is 0.711. The number of aromatic nitrogens is 3. The van der Waals surface area contributed by atoms with Crippen LogP contribution in [0.2, 0.25) is 0 Å². The zero-order chi connectivity index (χ0) is 20.4. The summed E-state index contributed by atoms with van der Waals surface area (Å²) in [4.78, 5) is 12.7. The molecule has 1 amide bonds. The Bertz CT molecular complexity index is 1010. The fourth-order valence-electron chi connectivity index (χ4n) is 3.14. The van der Waals surface area contributed by atoms with E-state index in [0.717, 1.165) is 5.56 Å². The minimum absolute atomic E-state index is 0.166. The molecular weight excluding hydrogens is 379 g/mol. The summed E-state index contributed by atoms with van der Waals surface area (Å²) in [5, 5.41) is 10.9. The van der Waals surface area contributed by atoms with Gasteiger partial charge in [-0.2, -0.15) is 0 Å². The predicted octanol–water partition coefficient (Wildman–Crippen LogP) is 2.96. The molecule has 0 saturated heterocycles. The number of carbonyl (C=O) groups is 1. The molecule has 0 spiro atoms. The molecule has 1 aliphatic rings. The Kier molecular flexibility index (Phi) is 5.13. The number of halogens is 1. The summed E-state index contributed by atoms with van der Waals surface area (Å²) >= 11 is 0. The Morgan fingerprint density at radius 3 is 2.52 bits per heavy atom. The van der Waals surface area contributed by atoms with E-state index in [2.05, 4.69) is 15.6 Å². The Morgan fingerprint density at radius 1 is 1.17 bits per heavy atom. The molecule has 0 aliphatic carbocycles. The van der Waals surface area contributed by atoms with E-state index >= 15 is 0 Å². The van der Waals surface area contributed by atoms with Crippen LogP contribution < -0.4 is 14.8 Å². The standard InChI is InChI=1S/C20H19FN4O4/c1-27-15-7-14(8-16(9-15)28-2)22-20(26)19-17-11-29-18(10-25(17)24-23-19)12-3-5-13(21)6-4-12/h3-9,18H,10-11H2,1-2H3,(H,22,26)/t18-/m1/s1. The lowest BCUT2D eigenvalue weighted by molar-refractivity contribution is -0.00174. The molecule has 1 aromatic heterocycles. The number of fused-ring (bicyclic) bond motifs is 1. The van der Waals surface area contributed by atoms with Gasteiger partial charge in [-0.15, -0.1) is 5.10 Å². The fraction of sp³-hybridized carbons (Fsp3) is 0.250. The summed E-state index contributed by atoms with van der Waals surface area (Å²) in [6.07, 6.45) is -0.289. The highest BCUT2D eigenvalue weighted by atomic mass is 19.1. The van der Waals surface area contributed by atoms with Crippen LogP contribution in [0.3, 0.4) is 0 Å². The molecule has 9 heteroatoms. The third kappa shape index (κ3) is 3.90. The van der Waals surface area contributed by atoms with E-state index in [1.54, 1.807) is 35.0 Å². The van der Waals surface area contributed by atoms with Gasteiger partial charge in [-0.25, -0.2) is 9.07 Å². The molecule has 1 N–H and O–H groups in total. The van der Waals surface area contributed by atoms with Gasteiger partial charge in [-0.05, 0) is 17.7 Å². The van der Waals surface area contributed by atoms with Crippen molar-refractivity contribution >= 4 is 11.6 Å². The van der Waals surface area contributed by atoms with E-state index in [1.807, 2.05) is 0 Å². The highest BCUT2D eigenvalue weighted by Gasteiger charge is 2.28. The summed E-state index contributed by atoms with van der Waals surface area (Å²) in [5.41, 5.74) is 2.11. The Morgan fingerprint density at radius 2 is 1.86 bits per heavy atom. The van der Waals surface area contributed by atoms with Crippen molar-refractivity contribution in [3.05, 3.63) is 65.2 Å². The fourth-order valence-corrected chi connectivity index (χ4v) is 3.14. The second-order valence-electron chi connectivity index (χ2n) is 6.47. The maximum absolute atomic E-state index is 13.1. The van der Waals surface area contributed by atoms with Gasteiger partial charge < -0.3 is 19.5 Å².